The zero-order chi connectivity index (χ0) is 16.7. The van der Waals surface area contributed by atoms with Crippen molar-refractivity contribution in [3.8, 4) is 0 Å². The predicted molar refractivity (Wildman–Crippen MR) is 89.9 cm³/mol. The summed E-state index contributed by atoms with van der Waals surface area (Å²) in [5.41, 5.74) is 0.101. The second-order valence-electron chi connectivity index (χ2n) is 6.37. The summed E-state index contributed by atoms with van der Waals surface area (Å²) in [4.78, 5) is 16.2. The molecule has 126 valence electrons. The number of carbonyl (C=O) groups excluding carboxylic acids is 1. The van der Waals surface area contributed by atoms with E-state index in [0.717, 1.165) is 5.56 Å². The van der Waals surface area contributed by atoms with E-state index in [1.807, 2.05) is 55.4 Å². The van der Waals surface area contributed by atoms with Crippen LogP contribution in [0.1, 0.15) is 12.0 Å². The third kappa shape index (κ3) is 5.78. The Labute approximate surface area is 138 Å². The van der Waals surface area contributed by atoms with Crippen molar-refractivity contribution in [2.45, 2.75) is 18.6 Å². The highest BCUT2D eigenvalue weighted by atomic mass is 16.5. The van der Waals surface area contributed by atoms with Crippen LogP contribution in [0, 0.1) is 0 Å². The monoisotopic (exact) mass is 318 g/mol. The molecule has 2 rings (SSSR count). The van der Waals surface area contributed by atoms with Crippen molar-refractivity contribution in [3.63, 3.8) is 0 Å². The van der Waals surface area contributed by atoms with Crippen molar-refractivity contribution < 1.29 is 14.6 Å². The molecule has 23 heavy (non-hydrogen) atoms. The molecule has 1 fully saturated rings. The maximum atomic E-state index is 12.5. The number of amides is 1. The van der Waals surface area contributed by atoms with Crippen LogP contribution in [0.25, 0.3) is 0 Å². The van der Waals surface area contributed by atoms with Gasteiger partial charge in [-0.2, -0.15) is 0 Å². The second-order valence-corrected chi connectivity index (χ2v) is 6.37. The van der Waals surface area contributed by atoms with E-state index >= 15 is 0 Å². The van der Waals surface area contributed by atoms with Gasteiger partial charge in [-0.1, -0.05) is 36.4 Å². The van der Waals surface area contributed by atoms with Crippen LogP contribution in [-0.4, -0.2) is 66.8 Å². The van der Waals surface area contributed by atoms with Crippen molar-refractivity contribution in [1.29, 1.82) is 0 Å². The van der Waals surface area contributed by atoms with Crippen LogP contribution in [0.2, 0.25) is 0 Å². The molecular formula is C18H26N2O3. The van der Waals surface area contributed by atoms with Crippen LogP contribution in [0.4, 0.5) is 0 Å². The van der Waals surface area contributed by atoms with Crippen LogP contribution in [-0.2, 0) is 16.1 Å². The van der Waals surface area contributed by atoms with Crippen molar-refractivity contribution in [3.05, 3.63) is 48.0 Å². The van der Waals surface area contributed by atoms with E-state index in [9.17, 15) is 9.90 Å². The highest BCUT2D eigenvalue weighted by molar-refractivity contribution is 5.87. The molecule has 0 radical (unpaired) electrons. The molecule has 0 aliphatic carbocycles. The highest BCUT2D eigenvalue weighted by Crippen LogP contribution is 2.21. The van der Waals surface area contributed by atoms with E-state index in [1.54, 1.807) is 11.0 Å². The number of ether oxygens (including phenoxy) is 1. The summed E-state index contributed by atoms with van der Waals surface area (Å²) in [6, 6.07) is 9.82. The van der Waals surface area contributed by atoms with Crippen LogP contribution >= 0.6 is 0 Å². The van der Waals surface area contributed by atoms with Crippen molar-refractivity contribution in [1.82, 2.24) is 9.80 Å². The van der Waals surface area contributed by atoms with Gasteiger partial charge in [0, 0.05) is 32.2 Å². The van der Waals surface area contributed by atoms with Gasteiger partial charge in [-0.15, -0.1) is 0 Å². The number of aliphatic hydroxyl groups is 1. The first-order valence-electron chi connectivity index (χ1n) is 7.93. The number of benzene rings is 1. The predicted octanol–water partition coefficient (Wildman–Crippen LogP) is 1.28. The lowest BCUT2D eigenvalue weighted by atomic mass is 10.0. The largest absolute Gasteiger partial charge is 0.386 e. The van der Waals surface area contributed by atoms with Crippen molar-refractivity contribution >= 4 is 5.91 Å². The molecule has 5 heteroatoms. The van der Waals surface area contributed by atoms with Crippen LogP contribution in [0.15, 0.2) is 42.5 Å². The zero-order valence-electron chi connectivity index (χ0n) is 13.9. The van der Waals surface area contributed by atoms with Crippen molar-refractivity contribution in [2.75, 3.05) is 40.4 Å². The van der Waals surface area contributed by atoms with Gasteiger partial charge in [0.15, 0.2) is 0 Å². The SMILES string of the molecule is CN(C)C/C=C/C(=O)N(Cc1ccccc1)CC1(O)CCOC1. The molecule has 0 saturated carbocycles. The Morgan fingerprint density at radius 2 is 2.09 bits per heavy atom. The van der Waals surface area contributed by atoms with Crippen LogP contribution in [0.3, 0.4) is 0 Å². The van der Waals surface area contributed by atoms with E-state index in [1.165, 1.54) is 0 Å². The van der Waals surface area contributed by atoms with Gasteiger partial charge < -0.3 is 19.6 Å². The summed E-state index contributed by atoms with van der Waals surface area (Å²) in [6.07, 6.45) is 3.99. The molecule has 1 saturated heterocycles. The van der Waals surface area contributed by atoms with Gasteiger partial charge >= 0.3 is 0 Å². The molecule has 1 heterocycles. The molecule has 0 spiro atoms. The number of nitrogens with zero attached hydrogens (tertiary/aromatic N) is 2. The van der Waals surface area contributed by atoms with Gasteiger partial charge in [0.1, 0.15) is 5.60 Å². The number of hydrogen-bond acceptors (Lipinski definition) is 4. The molecule has 1 atom stereocenters. The smallest absolute Gasteiger partial charge is 0.246 e. The zero-order valence-corrected chi connectivity index (χ0v) is 13.9. The number of likely N-dealkylation sites (N-methyl/N-ethyl adjacent to an activating group) is 1. The quantitative estimate of drug-likeness (QED) is 0.770. The van der Waals surface area contributed by atoms with Crippen LogP contribution < -0.4 is 0 Å². The number of carbonyl (C=O) groups is 1. The Morgan fingerprint density at radius 1 is 1.35 bits per heavy atom. The van der Waals surface area contributed by atoms with E-state index < -0.39 is 5.60 Å². The minimum absolute atomic E-state index is 0.0870. The molecule has 1 aliphatic rings. The highest BCUT2D eigenvalue weighted by Gasteiger charge is 2.35. The molecule has 0 aromatic heterocycles. The van der Waals surface area contributed by atoms with Crippen LogP contribution in [0.5, 0.6) is 0 Å². The summed E-state index contributed by atoms with van der Waals surface area (Å²) >= 11 is 0. The summed E-state index contributed by atoms with van der Waals surface area (Å²) in [5.74, 6) is -0.0870. The Bertz CT molecular complexity index is 522. The first kappa shape index (κ1) is 17.7. The molecule has 1 aromatic rings. The Morgan fingerprint density at radius 3 is 2.70 bits per heavy atom. The van der Waals surface area contributed by atoms with Gasteiger partial charge in [0.25, 0.3) is 0 Å². The lowest BCUT2D eigenvalue weighted by Crippen LogP contribution is -2.45. The third-order valence-electron chi connectivity index (χ3n) is 3.83. The molecule has 5 nitrogen and oxygen atoms in total. The molecule has 1 aromatic carbocycles. The fourth-order valence-electron chi connectivity index (χ4n) is 2.56. The molecule has 0 bridgehead atoms. The standard InChI is InChI=1S/C18H26N2O3/c1-19(2)11-6-9-17(21)20(13-16-7-4-3-5-8-16)14-18(22)10-12-23-15-18/h3-9,22H,10-15H2,1-2H3/b9-6+. The number of rotatable bonds is 7. The van der Waals surface area contributed by atoms with E-state index in [0.29, 0.717) is 26.1 Å². The first-order chi connectivity index (χ1) is 11.0. The molecule has 1 N–H and O–H groups in total. The Balaban J connectivity index is 2.06. The summed E-state index contributed by atoms with van der Waals surface area (Å²) < 4.78 is 5.29. The molecule has 1 unspecified atom stereocenters. The third-order valence-corrected chi connectivity index (χ3v) is 3.83. The second kappa shape index (κ2) is 8.24. The van der Waals surface area contributed by atoms with Gasteiger partial charge in [0.05, 0.1) is 13.2 Å². The van der Waals surface area contributed by atoms with E-state index in [2.05, 4.69) is 0 Å². The topological polar surface area (TPSA) is 53.0 Å². The first-order valence-corrected chi connectivity index (χ1v) is 7.93. The minimum Gasteiger partial charge on any atom is -0.386 e. The van der Waals surface area contributed by atoms with E-state index in [-0.39, 0.29) is 19.1 Å². The van der Waals surface area contributed by atoms with Gasteiger partial charge in [-0.3, -0.25) is 4.79 Å². The fraction of sp³-hybridized carbons (Fsp3) is 0.500. The average molecular weight is 318 g/mol. The maximum Gasteiger partial charge on any atom is 0.246 e. The van der Waals surface area contributed by atoms with Gasteiger partial charge in [0.2, 0.25) is 5.91 Å². The molecular weight excluding hydrogens is 292 g/mol. The summed E-state index contributed by atoms with van der Waals surface area (Å²) in [6.45, 7) is 2.30. The van der Waals surface area contributed by atoms with E-state index in [4.69, 9.17) is 4.74 Å². The Hall–Kier alpha value is -1.69. The maximum absolute atomic E-state index is 12.5. The Kier molecular flexibility index (Phi) is 6.33. The number of hydrogen-bond donors (Lipinski definition) is 1. The van der Waals surface area contributed by atoms with Crippen molar-refractivity contribution in [2.24, 2.45) is 0 Å². The summed E-state index contributed by atoms with van der Waals surface area (Å²) in [5, 5.41) is 10.6. The normalized spacial score (nSPS) is 21.2. The van der Waals surface area contributed by atoms with Gasteiger partial charge in [-0.05, 0) is 19.7 Å². The fourth-order valence-corrected chi connectivity index (χ4v) is 2.56. The molecule has 1 amide bonds. The molecule has 1 aliphatic heterocycles. The lowest BCUT2D eigenvalue weighted by molar-refractivity contribution is -0.130. The lowest BCUT2D eigenvalue weighted by Gasteiger charge is -2.30. The minimum atomic E-state index is -0.945. The van der Waals surface area contributed by atoms with Gasteiger partial charge in [-0.25, -0.2) is 0 Å². The average Bonchev–Trinajstić information content (AvgIpc) is 2.94. The summed E-state index contributed by atoms with van der Waals surface area (Å²) in [7, 11) is 3.91.